The van der Waals surface area contributed by atoms with Gasteiger partial charge in [0.15, 0.2) is 11.5 Å². The summed E-state index contributed by atoms with van der Waals surface area (Å²) in [7, 11) is 0. The Morgan fingerprint density at radius 1 is 1.58 bits per heavy atom. The molecule has 66 valence electrons. The highest BCUT2D eigenvalue weighted by atomic mass is 16.1. The van der Waals surface area contributed by atoms with Crippen LogP contribution < -0.4 is 5.73 Å². The molecular formula is C7H12N4O. The van der Waals surface area contributed by atoms with Crippen molar-refractivity contribution in [2.24, 2.45) is 5.73 Å². The number of Topliss-reactive ketones (excluding diaryl/α,β-unsaturated/α-hetero) is 1. The molecule has 12 heavy (non-hydrogen) atoms. The van der Waals surface area contributed by atoms with Crippen molar-refractivity contribution in [3.8, 4) is 0 Å². The van der Waals surface area contributed by atoms with Gasteiger partial charge in [-0.3, -0.25) is 4.79 Å². The molecule has 0 aliphatic heterocycles. The van der Waals surface area contributed by atoms with Crippen molar-refractivity contribution in [2.45, 2.75) is 19.8 Å². The van der Waals surface area contributed by atoms with Crippen molar-refractivity contribution in [1.29, 1.82) is 0 Å². The molecule has 0 unspecified atom stereocenters. The average molecular weight is 168 g/mol. The highest BCUT2D eigenvalue weighted by Gasteiger charge is 2.16. The molecular weight excluding hydrogens is 156 g/mol. The first-order valence-electron chi connectivity index (χ1n) is 3.80. The van der Waals surface area contributed by atoms with E-state index in [2.05, 4.69) is 15.4 Å². The smallest absolute Gasteiger partial charge is 0.198 e. The molecule has 0 spiro atoms. The number of ketones is 1. The van der Waals surface area contributed by atoms with Gasteiger partial charge in [-0.15, -0.1) is 0 Å². The van der Waals surface area contributed by atoms with Gasteiger partial charge in [0.2, 0.25) is 0 Å². The molecule has 3 N–H and O–H groups in total. The van der Waals surface area contributed by atoms with Crippen LogP contribution in [0.4, 0.5) is 0 Å². The van der Waals surface area contributed by atoms with E-state index in [1.807, 2.05) is 13.8 Å². The van der Waals surface area contributed by atoms with Crippen LogP contribution in [0.25, 0.3) is 0 Å². The summed E-state index contributed by atoms with van der Waals surface area (Å²) in [6.45, 7) is 3.88. The lowest BCUT2D eigenvalue weighted by molar-refractivity contribution is 0.0995. The van der Waals surface area contributed by atoms with E-state index >= 15 is 0 Å². The van der Waals surface area contributed by atoms with Crippen LogP contribution in [0.1, 0.15) is 35.9 Å². The number of carbonyl (C=O) groups excluding carboxylic acids is 1. The van der Waals surface area contributed by atoms with Gasteiger partial charge in [-0.2, -0.15) is 15.4 Å². The Kier molecular flexibility index (Phi) is 2.54. The first-order valence-corrected chi connectivity index (χ1v) is 3.80. The van der Waals surface area contributed by atoms with Crippen molar-refractivity contribution < 1.29 is 4.79 Å². The number of rotatable bonds is 3. The highest BCUT2D eigenvalue weighted by Crippen LogP contribution is 2.13. The Morgan fingerprint density at radius 2 is 2.25 bits per heavy atom. The summed E-state index contributed by atoms with van der Waals surface area (Å²) in [5.41, 5.74) is 6.25. The Morgan fingerprint density at radius 3 is 2.75 bits per heavy atom. The maximum absolute atomic E-state index is 11.2. The summed E-state index contributed by atoms with van der Waals surface area (Å²) in [4.78, 5) is 11.2. The van der Waals surface area contributed by atoms with Gasteiger partial charge in [0, 0.05) is 0 Å². The van der Waals surface area contributed by atoms with Gasteiger partial charge in [-0.1, -0.05) is 13.8 Å². The number of nitrogens with two attached hydrogens (primary N) is 1. The summed E-state index contributed by atoms with van der Waals surface area (Å²) in [5.74, 6) is 0.0155. The Bertz CT molecular complexity index is 279. The Labute approximate surface area is 70.3 Å². The van der Waals surface area contributed by atoms with E-state index in [0.29, 0.717) is 11.4 Å². The van der Waals surface area contributed by atoms with E-state index in [0.717, 1.165) is 0 Å². The molecule has 0 radical (unpaired) electrons. The molecule has 5 nitrogen and oxygen atoms in total. The summed E-state index contributed by atoms with van der Waals surface area (Å²) >= 11 is 0. The molecule has 1 aromatic rings. The Hall–Kier alpha value is -1.23. The zero-order valence-electron chi connectivity index (χ0n) is 7.16. The van der Waals surface area contributed by atoms with Gasteiger partial charge in [0.25, 0.3) is 0 Å². The monoisotopic (exact) mass is 168 g/mol. The number of aromatic nitrogens is 3. The fourth-order valence-corrected chi connectivity index (χ4v) is 0.943. The molecule has 1 aromatic heterocycles. The molecule has 5 heteroatoms. The highest BCUT2D eigenvalue weighted by molar-refractivity contribution is 5.96. The fraction of sp³-hybridized carbons (Fsp3) is 0.571. The fourth-order valence-electron chi connectivity index (χ4n) is 0.943. The third kappa shape index (κ3) is 1.50. The lowest BCUT2D eigenvalue weighted by Gasteiger charge is -2.00. The van der Waals surface area contributed by atoms with E-state index in [1.54, 1.807) is 0 Å². The normalized spacial score (nSPS) is 10.7. The van der Waals surface area contributed by atoms with E-state index in [9.17, 15) is 4.79 Å². The van der Waals surface area contributed by atoms with Crippen molar-refractivity contribution >= 4 is 5.78 Å². The topological polar surface area (TPSA) is 84.7 Å². The van der Waals surface area contributed by atoms with E-state index in [-0.39, 0.29) is 18.2 Å². The maximum atomic E-state index is 11.2. The van der Waals surface area contributed by atoms with Gasteiger partial charge in [-0.05, 0) is 5.92 Å². The summed E-state index contributed by atoms with van der Waals surface area (Å²) in [6, 6.07) is 0. The minimum Gasteiger partial charge on any atom is -0.324 e. The van der Waals surface area contributed by atoms with Crippen LogP contribution in [0.5, 0.6) is 0 Å². The SMILES string of the molecule is CC(C)c1n[nH]nc1C(=O)CN. The van der Waals surface area contributed by atoms with Crippen LogP contribution in [0.2, 0.25) is 0 Å². The second-order valence-electron chi connectivity index (χ2n) is 2.84. The summed E-state index contributed by atoms with van der Waals surface area (Å²) < 4.78 is 0. The van der Waals surface area contributed by atoms with Gasteiger partial charge < -0.3 is 5.73 Å². The van der Waals surface area contributed by atoms with Crippen LogP contribution in [-0.4, -0.2) is 27.7 Å². The number of hydrogen-bond donors (Lipinski definition) is 2. The molecule has 0 aliphatic carbocycles. The number of hydrogen-bond acceptors (Lipinski definition) is 4. The molecule has 0 atom stereocenters. The van der Waals surface area contributed by atoms with Crippen molar-refractivity contribution in [1.82, 2.24) is 15.4 Å². The predicted molar refractivity (Wildman–Crippen MR) is 43.9 cm³/mol. The van der Waals surface area contributed by atoms with Crippen LogP contribution in [0.15, 0.2) is 0 Å². The van der Waals surface area contributed by atoms with Crippen LogP contribution in [0, 0.1) is 0 Å². The van der Waals surface area contributed by atoms with Crippen molar-refractivity contribution in [3.05, 3.63) is 11.4 Å². The lowest BCUT2D eigenvalue weighted by atomic mass is 10.1. The summed E-state index contributed by atoms with van der Waals surface area (Å²) in [6.07, 6.45) is 0. The zero-order chi connectivity index (χ0) is 9.14. The van der Waals surface area contributed by atoms with Gasteiger partial charge in [0.1, 0.15) is 0 Å². The number of carbonyl (C=O) groups is 1. The first-order chi connectivity index (χ1) is 5.66. The number of nitrogens with zero attached hydrogens (tertiary/aromatic N) is 2. The third-order valence-corrected chi connectivity index (χ3v) is 1.57. The van der Waals surface area contributed by atoms with Crippen molar-refractivity contribution in [2.75, 3.05) is 6.54 Å². The van der Waals surface area contributed by atoms with Gasteiger partial charge in [0.05, 0.1) is 12.2 Å². The molecule has 1 heterocycles. The number of nitrogens with one attached hydrogen (secondary N) is 1. The standard InChI is InChI=1S/C7H12N4O/c1-4(2)6-7(5(12)3-8)10-11-9-6/h4H,3,8H2,1-2H3,(H,9,10,11). The average Bonchev–Trinajstić information content (AvgIpc) is 2.50. The molecule has 1 rings (SSSR count). The second-order valence-corrected chi connectivity index (χ2v) is 2.84. The molecule has 0 saturated carbocycles. The zero-order valence-corrected chi connectivity index (χ0v) is 7.16. The van der Waals surface area contributed by atoms with Gasteiger partial charge in [-0.25, -0.2) is 0 Å². The van der Waals surface area contributed by atoms with E-state index < -0.39 is 0 Å². The minimum absolute atomic E-state index is 0.0216. The van der Waals surface area contributed by atoms with E-state index in [1.165, 1.54) is 0 Å². The van der Waals surface area contributed by atoms with Crippen molar-refractivity contribution in [3.63, 3.8) is 0 Å². The second kappa shape index (κ2) is 3.44. The molecule has 0 saturated heterocycles. The predicted octanol–water partition coefficient (Wildman–Crippen LogP) is 0.0695. The van der Waals surface area contributed by atoms with Gasteiger partial charge >= 0.3 is 0 Å². The largest absolute Gasteiger partial charge is 0.324 e. The number of aromatic amines is 1. The molecule has 0 fully saturated rings. The maximum Gasteiger partial charge on any atom is 0.198 e. The number of H-pyrrole nitrogens is 1. The molecule has 0 bridgehead atoms. The summed E-state index contributed by atoms with van der Waals surface area (Å²) in [5, 5.41) is 10.0. The van der Waals surface area contributed by atoms with E-state index in [4.69, 9.17) is 5.73 Å². The molecule has 0 aromatic carbocycles. The van der Waals surface area contributed by atoms with Crippen LogP contribution in [0.3, 0.4) is 0 Å². The van der Waals surface area contributed by atoms with Crippen LogP contribution >= 0.6 is 0 Å². The lowest BCUT2D eigenvalue weighted by Crippen LogP contribution is -2.16. The van der Waals surface area contributed by atoms with Crippen LogP contribution in [-0.2, 0) is 0 Å². The Balaban J connectivity index is 2.99. The quantitative estimate of drug-likeness (QED) is 0.625. The first kappa shape index (κ1) is 8.86. The third-order valence-electron chi connectivity index (χ3n) is 1.57. The molecule has 0 amide bonds. The molecule has 0 aliphatic rings. The minimum atomic E-state index is -0.174.